The highest BCUT2D eigenvalue weighted by atomic mass is 16.6. The monoisotopic (exact) mass is 375 g/mol. The van der Waals surface area contributed by atoms with Gasteiger partial charge in [-0.3, -0.25) is 14.4 Å². The largest absolute Gasteiger partial charge is 0.461 e. The first-order valence-corrected chi connectivity index (χ1v) is 9.37. The fourth-order valence-corrected chi connectivity index (χ4v) is 3.37. The van der Waals surface area contributed by atoms with Crippen LogP contribution in [0.1, 0.15) is 46.6 Å². The van der Waals surface area contributed by atoms with E-state index in [1.54, 1.807) is 27.7 Å². The molecule has 1 fully saturated rings. The van der Waals surface area contributed by atoms with Gasteiger partial charge in [-0.15, -0.1) is 0 Å². The van der Waals surface area contributed by atoms with E-state index in [-0.39, 0.29) is 37.0 Å². The van der Waals surface area contributed by atoms with Crippen LogP contribution in [0.3, 0.4) is 0 Å². The van der Waals surface area contributed by atoms with Crippen LogP contribution in [0, 0.1) is 11.8 Å². The lowest BCUT2D eigenvalue weighted by molar-refractivity contribution is -0.177. The fraction of sp³-hybridized carbons (Fsp3) is 0.571. The van der Waals surface area contributed by atoms with Crippen LogP contribution >= 0.6 is 0 Å². The molecule has 0 aromatic heterocycles. The first kappa shape index (κ1) is 20.9. The number of benzene rings is 1. The molecular weight excluding hydrogens is 346 g/mol. The van der Waals surface area contributed by atoms with Gasteiger partial charge in [0.15, 0.2) is 0 Å². The average Bonchev–Trinajstić information content (AvgIpc) is 2.60. The highest BCUT2D eigenvalue weighted by Crippen LogP contribution is 2.35. The molecule has 148 valence electrons. The van der Waals surface area contributed by atoms with Crippen molar-refractivity contribution in [1.29, 1.82) is 0 Å². The summed E-state index contributed by atoms with van der Waals surface area (Å²) in [5.41, 5.74) is 0.283. The summed E-state index contributed by atoms with van der Waals surface area (Å²) in [5.74, 6) is -1.74. The van der Waals surface area contributed by atoms with Crippen molar-refractivity contribution in [3.05, 3.63) is 35.9 Å². The van der Waals surface area contributed by atoms with Crippen LogP contribution in [0.15, 0.2) is 30.3 Å². The maximum absolute atomic E-state index is 12.5. The molecule has 0 aliphatic carbocycles. The standard InChI is InChI=1S/C21H29NO5/c1-6-16-18(22(19(16)24)12-17(23)27-21(3,4)5)14(2)20(25)26-13-15-10-8-7-9-11-15/h7-11,14,16,18H,6,12-13H2,1-5H3/t14-,16-,18-/m1/s1. The molecule has 0 N–H and O–H groups in total. The molecule has 3 atom stereocenters. The molecule has 27 heavy (non-hydrogen) atoms. The van der Waals surface area contributed by atoms with E-state index in [0.717, 1.165) is 5.56 Å². The molecule has 1 aliphatic heterocycles. The number of β-lactam (4-membered cyclic amide) rings is 1. The van der Waals surface area contributed by atoms with Gasteiger partial charge in [0.1, 0.15) is 18.8 Å². The van der Waals surface area contributed by atoms with E-state index in [2.05, 4.69) is 0 Å². The lowest BCUT2D eigenvalue weighted by Crippen LogP contribution is -2.65. The number of amides is 1. The van der Waals surface area contributed by atoms with Gasteiger partial charge in [0, 0.05) is 0 Å². The number of hydrogen-bond donors (Lipinski definition) is 0. The summed E-state index contributed by atoms with van der Waals surface area (Å²) in [6, 6.07) is 9.08. The second-order valence-corrected chi connectivity index (χ2v) is 7.94. The number of rotatable bonds is 7. The molecule has 1 heterocycles. The summed E-state index contributed by atoms with van der Waals surface area (Å²) >= 11 is 0. The third-order valence-corrected chi connectivity index (χ3v) is 4.64. The zero-order chi connectivity index (χ0) is 20.2. The lowest BCUT2D eigenvalue weighted by Gasteiger charge is -2.48. The predicted octanol–water partition coefficient (Wildman–Crippen LogP) is 2.94. The maximum Gasteiger partial charge on any atom is 0.326 e. The van der Waals surface area contributed by atoms with Gasteiger partial charge in [0.25, 0.3) is 0 Å². The Labute approximate surface area is 160 Å². The second-order valence-electron chi connectivity index (χ2n) is 7.94. The topological polar surface area (TPSA) is 72.9 Å². The SMILES string of the molecule is CC[C@H]1C(=O)N(CC(=O)OC(C)(C)C)[C@@H]1[C@@H](C)C(=O)OCc1ccccc1. The molecule has 0 radical (unpaired) electrons. The summed E-state index contributed by atoms with van der Waals surface area (Å²) < 4.78 is 10.7. The van der Waals surface area contributed by atoms with E-state index < -0.39 is 17.5 Å². The minimum Gasteiger partial charge on any atom is -0.461 e. The van der Waals surface area contributed by atoms with Crippen LogP contribution in [0.2, 0.25) is 0 Å². The Morgan fingerprint density at radius 1 is 1.19 bits per heavy atom. The highest BCUT2D eigenvalue weighted by molar-refractivity contribution is 5.91. The van der Waals surface area contributed by atoms with Crippen molar-refractivity contribution in [3.8, 4) is 0 Å². The number of hydrogen-bond acceptors (Lipinski definition) is 5. The van der Waals surface area contributed by atoms with E-state index in [0.29, 0.717) is 6.42 Å². The molecule has 1 amide bonds. The van der Waals surface area contributed by atoms with E-state index in [9.17, 15) is 14.4 Å². The average molecular weight is 375 g/mol. The van der Waals surface area contributed by atoms with Crippen LogP contribution in [0.25, 0.3) is 0 Å². The van der Waals surface area contributed by atoms with Crippen LogP contribution in [-0.4, -0.2) is 40.9 Å². The number of ether oxygens (including phenoxy) is 2. The number of esters is 2. The van der Waals surface area contributed by atoms with Gasteiger partial charge >= 0.3 is 11.9 Å². The second kappa shape index (κ2) is 8.55. The predicted molar refractivity (Wildman–Crippen MR) is 101 cm³/mol. The van der Waals surface area contributed by atoms with Gasteiger partial charge in [0.2, 0.25) is 5.91 Å². The highest BCUT2D eigenvalue weighted by Gasteiger charge is 2.51. The molecule has 1 aromatic carbocycles. The van der Waals surface area contributed by atoms with Crippen molar-refractivity contribution < 1.29 is 23.9 Å². The zero-order valence-electron chi connectivity index (χ0n) is 16.7. The Hall–Kier alpha value is -2.37. The van der Waals surface area contributed by atoms with Crippen LogP contribution in [0.4, 0.5) is 0 Å². The van der Waals surface area contributed by atoms with Crippen LogP contribution in [0.5, 0.6) is 0 Å². The molecule has 0 bridgehead atoms. The zero-order valence-corrected chi connectivity index (χ0v) is 16.7. The van der Waals surface area contributed by atoms with Gasteiger partial charge < -0.3 is 14.4 Å². The van der Waals surface area contributed by atoms with Crippen molar-refractivity contribution in [2.24, 2.45) is 11.8 Å². The third kappa shape index (κ3) is 5.31. The molecule has 0 unspecified atom stereocenters. The molecule has 1 aromatic rings. The molecule has 2 rings (SSSR count). The van der Waals surface area contributed by atoms with Gasteiger partial charge in [-0.2, -0.15) is 0 Å². The molecular formula is C21H29NO5. The van der Waals surface area contributed by atoms with Crippen molar-refractivity contribution in [2.45, 2.75) is 59.3 Å². The normalized spacial score (nSPS) is 20.6. The molecule has 6 heteroatoms. The summed E-state index contributed by atoms with van der Waals surface area (Å²) in [6.07, 6.45) is 0.616. The first-order valence-electron chi connectivity index (χ1n) is 9.37. The van der Waals surface area contributed by atoms with Gasteiger partial charge in [0.05, 0.1) is 17.9 Å². The maximum atomic E-state index is 12.5. The molecule has 0 spiro atoms. The van der Waals surface area contributed by atoms with Crippen molar-refractivity contribution in [2.75, 3.05) is 6.54 Å². The van der Waals surface area contributed by atoms with Crippen molar-refractivity contribution in [3.63, 3.8) is 0 Å². The van der Waals surface area contributed by atoms with E-state index in [4.69, 9.17) is 9.47 Å². The molecule has 6 nitrogen and oxygen atoms in total. The van der Waals surface area contributed by atoms with E-state index >= 15 is 0 Å². The van der Waals surface area contributed by atoms with Crippen LogP contribution < -0.4 is 0 Å². The number of likely N-dealkylation sites (tertiary alicyclic amines) is 1. The Kier molecular flexibility index (Phi) is 6.63. The molecule has 1 aliphatic rings. The summed E-state index contributed by atoms with van der Waals surface area (Å²) in [5, 5.41) is 0. The smallest absolute Gasteiger partial charge is 0.326 e. The molecule has 0 saturated carbocycles. The first-order chi connectivity index (χ1) is 12.6. The van der Waals surface area contributed by atoms with E-state index in [1.165, 1.54) is 4.90 Å². The van der Waals surface area contributed by atoms with Crippen LogP contribution in [-0.2, 0) is 30.5 Å². The Morgan fingerprint density at radius 3 is 2.37 bits per heavy atom. The van der Waals surface area contributed by atoms with Gasteiger partial charge in [-0.05, 0) is 39.7 Å². The Balaban J connectivity index is 1.99. The number of nitrogens with zero attached hydrogens (tertiary/aromatic N) is 1. The van der Waals surface area contributed by atoms with Crippen molar-refractivity contribution in [1.82, 2.24) is 4.90 Å². The van der Waals surface area contributed by atoms with Gasteiger partial charge in [-0.1, -0.05) is 37.3 Å². The third-order valence-electron chi connectivity index (χ3n) is 4.64. The lowest BCUT2D eigenvalue weighted by atomic mass is 9.78. The Morgan fingerprint density at radius 2 is 1.81 bits per heavy atom. The summed E-state index contributed by atoms with van der Waals surface area (Å²) in [6.45, 7) is 9.02. The Bertz CT molecular complexity index is 680. The summed E-state index contributed by atoms with van der Waals surface area (Å²) in [7, 11) is 0. The van der Waals surface area contributed by atoms with Gasteiger partial charge in [-0.25, -0.2) is 0 Å². The molecule has 1 saturated heterocycles. The number of carbonyl (C=O) groups is 3. The van der Waals surface area contributed by atoms with E-state index in [1.807, 2.05) is 37.3 Å². The minimum atomic E-state index is -0.620. The van der Waals surface area contributed by atoms with Crippen molar-refractivity contribution >= 4 is 17.8 Å². The minimum absolute atomic E-state index is 0.115. The quantitative estimate of drug-likeness (QED) is 0.541. The fourth-order valence-electron chi connectivity index (χ4n) is 3.37. The summed E-state index contributed by atoms with van der Waals surface area (Å²) in [4.78, 5) is 38.4. The number of carbonyl (C=O) groups excluding carboxylic acids is 3.